The van der Waals surface area contributed by atoms with E-state index in [-0.39, 0.29) is 33.8 Å². The van der Waals surface area contributed by atoms with Gasteiger partial charge in [-0.2, -0.15) is 0 Å². The molecule has 0 radical (unpaired) electrons. The van der Waals surface area contributed by atoms with Gasteiger partial charge in [-0.15, -0.1) is 0 Å². The Bertz CT molecular complexity index is 6110. The number of hydrogen-bond donors (Lipinski definition) is 0. The summed E-state index contributed by atoms with van der Waals surface area (Å²) in [5, 5.41) is 9.54. The van der Waals surface area contributed by atoms with Crippen LogP contribution in [0.4, 0.5) is 51.2 Å². The van der Waals surface area contributed by atoms with Crippen LogP contribution in [-0.4, -0.2) is 14.8 Å². The molecule has 2 aliphatic rings. The first-order valence-electron chi connectivity index (χ1n) is 39.6. The van der Waals surface area contributed by atoms with Gasteiger partial charge in [0.2, 0.25) is 0 Å². The van der Waals surface area contributed by atoms with E-state index in [0.717, 1.165) is 128 Å². The zero-order chi connectivity index (χ0) is 76.8. The quantitative estimate of drug-likeness (QED) is 0.0953. The van der Waals surface area contributed by atoms with E-state index in [1.807, 2.05) is 0 Å². The van der Waals surface area contributed by atoms with Crippen molar-refractivity contribution in [3.8, 4) is 22.3 Å². The van der Waals surface area contributed by atoms with Crippen LogP contribution < -0.4 is 51.8 Å². The molecule has 0 saturated heterocycles. The fraction of sp³-hybridized carbons (Fsp3) is 0.192. The Morgan fingerprint density at radius 1 is 0.297 bits per heavy atom. The molecule has 5 nitrogen and oxygen atoms in total. The maximum Gasteiger partial charge on any atom is 0.252 e. The molecule has 0 spiro atoms. The number of benzene rings is 14. The first-order chi connectivity index (χ1) is 53.2. The van der Waals surface area contributed by atoms with Crippen LogP contribution in [0.5, 0.6) is 0 Å². The lowest BCUT2D eigenvalue weighted by atomic mass is 9.33. The molecule has 0 saturated carbocycles. The zero-order valence-corrected chi connectivity index (χ0v) is 67.7. The maximum absolute atomic E-state index is 7.49. The number of para-hydroxylation sites is 2. The Morgan fingerprint density at radius 3 is 1.08 bits per heavy atom. The van der Waals surface area contributed by atoms with Crippen molar-refractivity contribution in [1.82, 2.24) is 0 Å². The summed E-state index contributed by atoms with van der Waals surface area (Å²) in [7, 11) is -3.25. The molecule has 0 atom stereocenters. The molecule has 18 rings (SSSR count). The Labute approximate surface area is 656 Å². The highest BCUT2D eigenvalue weighted by Gasteiger charge is 2.49. The predicted octanol–water partition coefficient (Wildman–Crippen LogP) is 24.2. The number of anilines is 9. The number of rotatable bonds is 11. The van der Waals surface area contributed by atoms with E-state index in [1.54, 1.807) is 0 Å². The SMILES string of the molecule is CC(C)(C)c1ccc(N(c2ccc(C(C)(C)C)cc2)c2ccc3c(c2)N(c2c(-c4ccccc4)cc(C(C)(C)C)c4oc5ccccc5c24)c2cc(C(C)(C)C)cc4c2B3c2cc([Si](c3ccccc3)(c3ccccc3)c3ccccc3)ccc2N4c2c(-c3ccccc3)cc(C(C)(C)C)c3oc4ccccc4c23)cc1. The van der Waals surface area contributed by atoms with Crippen LogP contribution in [0, 0.1) is 0 Å². The summed E-state index contributed by atoms with van der Waals surface area (Å²) in [5.41, 5.74) is 26.3. The second-order valence-electron chi connectivity index (χ2n) is 36.1. The number of nitrogens with zero attached hydrogens (tertiary/aromatic N) is 3. The lowest BCUT2D eigenvalue weighted by Crippen LogP contribution is -2.75. The van der Waals surface area contributed by atoms with Crippen molar-refractivity contribution >= 4 is 147 Å². The lowest BCUT2D eigenvalue weighted by Gasteiger charge is -2.47. The minimum absolute atomic E-state index is 0.0573. The maximum atomic E-state index is 7.49. The highest BCUT2D eigenvalue weighted by molar-refractivity contribution is 7.20. The van der Waals surface area contributed by atoms with Gasteiger partial charge in [0.1, 0.15) is 22.3 Å². The van der Waals surface area contributed by atoms with Crippen LogP contribution in [0.25, 0.3) is 66.1 Å². The molecule has 0 fully saturated rings. The molecular weight excluding hydrogens is 1360 g/mol. The van der Waals surface area contributed by atoms with Gasteiger partial charge in [-0.3, -0.25) is 0 Å². The number of furan rings is 2. The topological polar surface area (TPSA) is 36.0 Å². The van der Waals surface area contributed by atoms with Crippen LogP contribution in [0.15, 0.2) is 318 Å². The average Bonchev–Trinajstić information content (AvgIpc) is 1.67. The van der Waals surface area contributed by atoms with Crippen LogP contribution in [0.3, 0.4) is 0 Å². The fourth-order valence-electron chi connectivity index (χ4n) is 18.0. The lowest BCUT2D eigenvalue weighted by molar-refractivity contribution is 0.572. The van der Waals surface area contributed by atoms with Crippen molar-refractivity contribution in [2.45, 2.75) is 131 Å². The smallest absolute Gasteiger partial charge is 0.252 e. The van der Waals surface area contributed by atoms with Crippen molar-refractivity contribution < 1.29 is 8.83 Å². The van der Waals surface area contributed by atoms with Gasteiger partial charge in [0.15, 0.2) is 8.07 Å². The average molecular weight is 1460 g/mol. The van der Waals surface area contributed by atoms with Crippen LogP contribution in [0.2, 0.25) is 0 Å². The van der Waals surface area contributed by atoms with Gasteiger partial charge in [-0.25, -0.2) is 0 Å². The molecule has 0 bridgehead atoms. The molecule has 546 valence electrons. The van der Waals surface area contributed by atoms with E-state index in [9.17, 15) is 0 Å². The number of hydrogen-bond acceptors (Lipinski definition) is 5. The van der Waals surface area contributed by atoms with Gasteiger partial charge in [0, 0.05) is 72.8 Å². The van der Waals surface area contributed by atoms with Crippen molar-refractivity contribution in [2.24, 2.45) is 0 Å². The van der Waals surface area contributed by atoms with Crippen LogP contribution in [0.1, 0.15) is 132 Å². The Kier molecular flexibility index (Phi) is 16.8. The molecule has 14 aromatic carbocycles. The molecule has 4 heterocycles. The van der Waals surface area contributed by atoms with Crippen LogP contribution in [-0.2, 0) is 27.1 Å². The standard InChI is InChI=1S/C104H96BN3O2Si/c1-100(2,3)69-49-53-72(54-50-69)106(73-55-51-70(52-56-73)101(4,5)6)74-57-59-85-88(63-74)108(97-82(68-37-23-17-24-38-68)66-84(104(13,14)15)99-94(97)80-46-32-34-48-92(80)110-99)90-62-71(102(7,8)9)61-89-95(90)105(85)86-64-78(111(75-39-25-18-26-40-75,76-41-27-19-28-42-76)77-43-29-20-30-44-77)58-60-87(86)107(89)96-81(67-35-21-16-22-36-67)65-83(103(10,11)12)98-93(96)79-45-31-33-47-91(79)109-98/h16-66H,1-15H3. The normalized spacial score (nSPS) is 13.3. The largest absolute Gasteiger partial charge is 0.456 e. The van der Waals surface area contributed by atoms with E-state index in [1.165, 1.54) is 53.8 Å². The molecule has 111 heavy (non-hydrogen) atoms. The summed E-state index contributed by atoms with van der Waals surface area (Å²) in [4.78, 5) is 7.93. The molecular formula is C104H96BN3O2Si. The minimum atomic E-state index is -3.25. The van der Waals surface area contributed by atoms with E-state index < -0.39 is 8.07 Å². The van der Waals surface area contributed by atoms with Crippen molar-refractivity contribution in [1.29, 1.82) is 0 Å². The van der Waals surface area contributed by atoms with Crippen molar-refractivity contribution in [3.05, 3.63) is 337 Å². The second kappa shape index (κ2) is 26.3. The van der Waals surface area contributed by atoms with Crippen molar-refractivity contribution in [2.75, 3.05) is 14.7 Å². The van der Waals surface area contributed by atoms with Gasteiger partial charge >= 0.3 is 0 Å². The highest BCUT2D eigenvalue weighted by atomic mass is 28.3. The fourth-order valence-corrected chi connectivity index (χ4v) is 22.8. The summed E-state index contributed by atoms with van der Waals surface area (Å²) in [6, 6.07) is 118. The van der Waals surface area contributed by atoms with E-state index >= 15 is 0 Å². The van der Waals surface area contributed by atoms with Crippen LogP contribution >= 0.6 is 0 Å². The zero-order valence-electron chi connectivity index (χ0n) is 66.7. The van der Waals surface area contributed by atoms with Gasteiger partial charge < -0.3 is 23.5 Å². The summed E-state index contributed by atoms with van der Waals surface area (Å²) < 4.78 is 14.9. The number of fused-ring (bicyclic) bond motifs is 10. The Morgan fingerprint density at radius 2 is 0.676 bits per heavy atom. The molecule has 2 aliphatic heterocycles. The predicted molar refractivity (Wildman–Crippen MR) is 478 cm³/mol. The third-order valence-electron chi connectivity index (χ3n) is 23.7. The Hall–Kier alpha value is -11.6. The molecule has 16 aromatic rings. The first kappa shape index (κ1) is 71.0. The van der Waals surface area contributed by atoms with E-state index in [4.69, 9.17) is 8.83 Å². The van der Waals surface area contributed by atoms with Gasteiger partial charge in [-0.05, 0) is 171 Å². The summed E-state index contributed by atoms with van der Waals surface area (Å²) in [6.07, 6.45) is 0. The summed E-state index contributed by atoms with van der Waals surface area (Å²) in [5.74, 6) is 0. The molecule has 0 N–H and O–H groups in total. The molecule has 0 amide bonds. The molecule has 2 aromatic heterocycles. The summed E-state index contributed by atoms with van der Waals surface area (Å²) >= 11 is 0. The van der Waals surface area contributed by atoms with Gasteiger partial charge in [0.25, 0.3) is 6.71 Å². The van der Waals surface area contributed by atoms with Gasteiger partial charge in [0.05, 0.1) is 22.1 Å². The third kappa shape index (κ3) is 11.8. The molecule has 7 heteroatoms. The minimum Gasteiger partial charge on any atom is -0.456 e. The van der Waals surface area contributed by atoms with E-state index in [0.29, 0.717) is 0 Å². The highest BCUT2D eigenvalue weighted by Crippen LogP contribution is 2.57. The van der Waals surface area contributed by atoms with E-state index in [2.05, 4.69) is 428 Å². The Balaban J connectivity index is 1.06. The third-order valence-corrected chi connectivity index (χ3v) is 28.5. The van der Waals surface area contributed by atoms with Gasteiger partial charge in [-0.1, -0.05) is 334 Å². The van der Waals surface area contributed by atoms with Crippen molar-refractivity contribution in [3.63, 3.8) is 0 Å². The summed E-state index contributed by atoms with van der Waals surface area (Å²) in [6.45, 7) is 34.7. The first-order valence-corrected chi connectivity index (χ1v) is 41.6. The second-order valence-corrected chi connectivity index (χ2v) is 39.9. The molecule has 0 aliphatic carbocycles. The molecule has 0 unspecified atom stereocenters. The monoisotopic (exact) mass is 1460 g/mol.